The normalized spacial score (nSPS) is 20.3. The van der Waals surface area contributed by atoms with E-state index in [1.807, 2.05) is 12.1 Å². The molecule has 1 heterocycles. The molecule has 2 fully saturated rings. The second kappa shape index (κ2) is 5.11. The molecule has 3 rings (SSSR count). The number of rotatable bonds is 5. The van der Waals surface area contributed by atoms with E-state index >= 15 is 0 Å². The summed E-state index contributed by atoms with van der Waals surface area (Å²) in [6.45, 7) is 3.71. The molecule has 1 aliphatic carbocycles. The Hall–Kier alpha value is -1.71. The minimum atomic E-state index is 0.00294. The van der Waals surface area contributed by atoms with Gasteiger partial charge < -0.3 is 10.6 Å². The Kier molecular flexibility index (Phi) is 3.32. The van der Waals surface area contributed by atoms with Gasteiger partial charge in [-0.3, -0.25) is 4.90 Å². The van der Waals surface area contributed by atoms with Gasteiger partial charge in [0.2, 0.25) is 0 Å². The first kappa shape index (κ1) is 12.3. The maximum atomic E-state index is 11.7. The van der Waals surface area contributed by atoms with Crippen LogP contribution in [0.2, 0.25) is 0 Å². The highest BCUT2D eigenvalue weighted by Crippen LogP contribution is 2.34. The molecular weight excluding hydrogens is 238 g/mol. The lowest BCUT2D eigenvalue weighted by Crippen LogP contribution is -2.27. The first-order chi connectivity index (χ1) is 9.22. The summed E-state index contributed by atoms with van der Waals surface area (Å²) in [7, 11) is 0. The van der Waals surface area contributed by atoms with Gasteiger partial charge in [-0.2, -0.15) is 0 Å². The third-order valence-electron chi connectivity index (χ3n) is 3.81. The van der Waals surface area contributed by atoms with Crippen molar-refractivity contribution in [3.63, 3.8) is 0 Å². The lowest BCUT2D eigenvalue weighted by Gasteiger charge is -2.18. The van der Waals surface area contributed by atoms with E-state index < -0.39 is 0 Å². The predicted octanol–water partition coefficient (Wildman–Crippen LogP) is 2.82. The number of hydrogen-bond donors (Lipinski definition) is 2. The molecule has 0 spiro atoms. The number of anilines is 2. The molecule has 0 radical (unpaired) electrons. The van der Waals surface area contributed by atoms with Crippen molar-refractivity contribution in [1.82, 2.24) is 5.32 Å². The summed E-state index contributed by atoms with van der Waals surface area (Å²) in [6, 6.07) is 8.63. The van der Waals surface area contributed by atoms with E-state index in [1.54, 1.807) is 4.90 Å². The van der Waals surface area contributed by atoms with Crippen molar-refractivity contribution in [2.75, 3.05) is 23.3 Å². The standard InChI is InChI=1S/C15H21N3O/c1-11(9-12-5-6-12)17-13-3-2-4-14(10-13)18-8-7-16-15(18)19/h2-4,10-12,17H,5-9H2,1H3,(H,16,19). The van der Waals surface area contributed by atoms with Gasteiger partial charge in [-0.15, -0.1) is 0 Å². The van der Waals surface area contributed by atoms with Crippen LogP contribution in [-0.4, -0.2) is 25.2 Å². The molecule has 4 nitrogen and oxygen atoms in total. The van der Waals surface area contributed by atoms with Crippen LogP contribution in [0.1, 0.15) is 26.2 Å². The maximum Gasteiger partial charge on any atom is 0.321 e. The van der Waals surface area contributed by atoms with Crippen molar-refractivity contribution >= 4 is 17.4 Å². The zero-order valence-corrected chi connectivity index (χ0v) is 11.4. The van der Waals surface area contributed by atoms with Gasteiger partial charge in [-0.05, 0) is 37.5 Å². The molecule has 2 amide bonds. The van der Waals surface area contributed by atoms with Gasteiger partial charge in [0, 0.05) is 30.5 Å². The molecule has 1 aromatic rings. The Balaban J connectivity index is 1.66. The summed E-state index contributed by atoms with van der Waals surface area (Å²) in [5.74, 6) is 0.926. The van der Waals surface area contributed by atoms with Crippen LogP contribution >= 0.6 is 0 Å². The topological polar surface area (TPSA) is 44.4 Å². The Morgan fingerprint density at radius 3 is 3.00 bits per heavy atom. The van der Waals surface area contributed by atoms with Crippen LogP contribution in [-0.2, 0) is 0 Å². The van der Waals surface area contributed by atoms with E-state index in [1.165, 1.54) is 19.3 Å². The summed E-state index contributed by atoms with van der Waals surface area (Å²) in [4.78, 5) is 13.4. The highest BCUT2D eigenvalue weighted by Gasteiger charge is 2.24. The van der Waals surface area contributed by atoms with Crippen molar-refractivity contribution in [2.24, 2.45) is 5.92 Å². The summed E-state index contributed by atoms with van der Waals surface area (Å²) < 4.78 is 0. The van der Waals surface area contributed by atoms with Gasteiger partial charge in [-0.1, -0.05) is 18.9 Å². The Bertz CT molecular complexity index is 470. The van der Waals surface area contributed by atoms with Gasteiger partial charge in [0.05, 0.1) is 0 Å². The van der Waals surface area contributed by atoms with E-state index in [2.05, 4.69) is 29.7 Å². The minimum Gasteiger partial charge on any atom is -0.383 e. The van der Waals surface area contributed by atoms with Gasteiger partial charge in [-0.25, -0.2) is 4.79 Å². The molecule has 1 saturated carbocycles. The zero-order valence-electron chi connectivity index (χ0n) is 11.4. The molecule has 4 heteroatoms. The van der Waals surface area contributed by atoms with Gasteiger partial charge in [0.15, 0.2) is 0 Å². The Morgan fingerprint density at radius 2 is 2.32 bits per heavy atom. The van der Waals surface area contributed by atoms with Crippen molar-refractivity contribution < 1.29 is 4.79 Å². The van der Waals surface area contributed by atoms with Gasteiger partial charge in [0.1, 0.15) is 0 Å². The third kappa shape index (κ3) is 3.00. The van der Waals surface area contributed by atoms with Crippen LogP contribution in [0.5, 0.6) is 0 Å². The SMILES string of the molecule is CC(CC1CC1)Nc1cccc(N2CCNC2=O)c1. The Morgan fingerprint density at radius 1 is 1.47 bits per heavy atom. The van der Waals surface area contributed by atoms with Gasteiger partial charge >= 0.3 is 6.03 Å². The molecule has 1 saturated heterocycles. The second-order valence-electron chi connectivity index (χ2n) is 5.66. The predicted molar refractivity (Wildman–Crippen MR) is 77.6 cm³/mol. The maximum absolute atomic E-state index is 11.7. The molecule has 1 aliphatic heterocycles. The molecule has 2 aliphatic rings. The summed E-state index contributed by atoms with van der Waals surface area (Å²) in [6.07, 6.45) is 4.02. The lowest BCUT2D eigenvalue weighted by molar-refractivity contribution is 0.252. The minimum absolute atomic E-state index is 0.00294. The number of amides is 2. The molecule has 0 aromatic heterocycles. The zero-order chi connectivity index (χ0) is 13.2. The van der Waals surface area contributed by atoms with Crippen LogP contribution in [0, 0.1) is 5.92 Å². The second-order valence-corrected chi connectivity index (χ2v) is 5.66. The molecule has 0 bridgehead atoms. The van der Waals surface area contributed by atoms with E-state index in [9.17, 15) is 4.79 Å². The molecule has 1 aromatic carbocycles. The largest absolute Gasteiger partial charge is 0.383 e. The highest BCUT2D eigenvalue weighted by molar-refractivity contribution is 5.94. The van der Waals surface area contributed by atoms with Crippen LogP contribution in [0.25, 0.3) is 0 Å². The van der Waals surface area contributed by atoms with Crippen LogP contribution < -0.4 is 15.5 Å². The van der Waals surface area contributed by atoms with Crippen molar-refractivity contribution in [1.29, 1.82) is 0 Å². The number of benzene rings is 1. The quantitative estimate of drug-likeness (QED) is 0.854. The lowest BCUT2D eigenvalue weighted by atomic mass is 10.1. The van der Waals surface area contributed by atoms with E-state index in [-0.39, 0.29) is 6.03 Å². The number of carbonyl (C=O) groups is 1. The number of urea groups is 1. The third-order valence-corrected chi connectivity index (χ3v) is 3.81. The molecule has 19 heavy (non-hydrogen) atoms. The number of nitrogens with one attached hydrogen (secondary N) is 2. The van der Waals surface area contributed by atoms with Gasteiger partial charge in [0.25, 0.3) is 0 Å². The fraction of sp³-hybridized carbons (Fsp3) is 0.533. The number of nitrogens with zero attached hydrogens (tertiary/aromatic N) is 1. The van der Waals surface area contributed by atoms with Crippen molar-refractivity contribution in [2.45, 2.75) is 32.2 Å². The summed E-state index contributed by atoms with van der Waals surface area (Å²) in [5.41, 5.74) is 2.07. The van der Waals surface area contributed by atoms with Crippen molar-refractivity contribution in [3.8, 4) is 0 Å². The monoisotopic (exact) mass is 259 g/mol. The summed E-state index contributed by atoms with van der Waals surface area (Å²) >= 11 is 0. The summed E-state index contributed by atoms with van der Waals surface area (Å²) in [5, 5.41) is 6.36. The van der Waals surface area contributed by atoms with Crippen LogP contribution in [0.15, 0.2) is 24.3 Å². The highest BCUT2D eigenvalue weighted by atomic mass is 16.2. The average molecular weight is 259 g/mol. The van der Waals surface area contributed by atoms with E-state index in [4.69, 9.17) is 0 Å². The van der Waals surface area contributed by atoms with Crippen LogP contribution in [0.3, 0.4) is 0 Å². The average Bonchev–Trinajstić information content (AvgIpc) is 3.08. The molecule has 2 N–H and O–H groups in total. The number of carbonyl (C=O) groups excluding carboxylic acids is 1. The molecular formula is C15H21N3O. The molecule has 1 atom stereocenters. The first-order valence-corrected chi connectivity index (χ1v) is 7.14. The molecule has 102 valence electrons. The fourth-order valence-electron chi connectivity index (χ4n) is 2.68. The van der Waals surface area contributed by atoms with Crippen LogP contribution in [0.4, 0.5) is 16.2 Å². The van der Waals surface area contributed by atoms with E-state index in [0.29, 0.717) is 6.04 Å². The first-order valence-electron chi connectivity index (χ1n) is 7.14. The van der Waals surface area contributed by atoms with E-state index in [0.717, 1.165) is 30.4 Å². The molecule has 1 unspecified atom stereocenters. The Labute approximate surface area is 114 Å². The fourth-order valence-corrected chi connectivity index (χ4v) is 2.68. The smallest absolute Gasteiger partial charge is 0.321 e. The van der Waals surface area contributed by atoms with Crippen molar-refractivity contribution in [3.05, 3.63) is 24.3 Å². The number of hydrogen-bond acceptors (Lipinski definition) is 2.